The molecular weight excluding hydrogens is 246 g/mol. The number of terminal acetylenes is 1. The smallest absolute Gasteiger partial charge is 0.356 e. The quantitative estimate of drug-likeness (QED) is 0.703. The second kappa shape index (κ2) is 7.01. The Bertz CT molecular complexity index is 508. The molecule has 6 heteroatoms. The number of carbonyl (C=O) groups is 2. The lowest BCUT2D eigenvalue weighted by atomic mass is 10.2. The summed E-state index contributed by atoms with van der Waals surface area (Å²) in [6, 6.07) is 2.06. The molecule has 0 spiro atoms. The lowest BCUT2D eigenvalue weighted by Gasteiger charge is -2.13. The van der Waals surface area contributed by atoms with Crippen molar-refractivity contribution in [1.29, 1.82) is 0 Å². The molecule has 0 saturated carbocycles. The molecule has 0 bridgehead atoms. The molecule has 0 aliphatic heterocycles. The van der Waals surface area contributed by atoms with Crippen LogP contribution in [0.5, 0.6) is 0 Å². The number of hydrogen-bond donors (Lipinski definition) is 3. The Labute approximate surface area is 111 Å². The summed E-state index contributed by atoms with van der Waals surface area (Å²) in [6.07, 6.45) is 8.11. The van der Waals surface area contributed by atoms with E-state index < -0.39 is 12.0 Å². The van der Waals surface area contributed by atoms with Crippen LogP contribution in [0.1, 0.15) is 30.3 Å². The van der Waals surface area contributed by atoms with Gasteiger partial charge in [-0.25, -0.2) is 14.6 Å². The summed E-state index contributed by atoms with van der Waals surface area (Å²) >= 11 is 0. The number of anilines is 1. The van der Waals surface area contributed by atoms with Gasteiger partial charge in [-0.05, 0) is 18.6 Å². The van der Waals surface area contributed by atoms with Gasteiger partial charge in [0.05, 0.1) is 11.7 Å². The Hall–Kier alpha value is -2.55. The lowest BCUT2D eigenvalue weighted by molar-refractivity contribution is 0.0692. The van der Waals surface area contributed by atoms with Crippen molar-refractivity contribution in [2.24, 2.45) is 0 Å². The van der Waals surface area contributed by atoms with E-state index in [1.165, 1.54) is 18.3 Å². The molecule has 0 aliphatic carbocycles. The van der Waals surface area contributed by atoms with Crippen LogP contribution in [0.25, 0.3) is 0 Å². The van der Waals surface area contributed by atoms with E-state index in [9.17, 15) is 9.59 Å². The predicted octanol–water partition coefficient (Wildman–Crippen LogP) is 1.70. The highest BCUT2D eigenvalue weighted by molar-refractivity contribution is 5.98. The average Bonchev–Trinajstić information content (AvgIpc) is 2.38. The molecule has 3 N–H and O–H groups in total. The number of urea groups is 1. The molecule has 1 heterocycles. The van der Waals surface area contributed by atoms with Crippen molar-refractivity contribution in [1.82, 2.24) is 10.3 Å². The number of aromatic nitrogens is 1. The van der Waals surface area contributed by atoms with Gasteiger partial charge in [0.1, 0.15) is 0 Å². The van der Waals surface area contributed by atoms with Gasteiger partial charge in [0.25, 0.3) is 0 Å². The van der Waals surface area contributed by atoms with Crippen molar-refractivity contribution in [3.8, 4) is 12.3 Å². The van der Waals surface area contributed by atoms with Crippen molar-refractivity contribution in [2.75, 3.05) is 5.32 Å². The maximum atomic E-state index is 11.7. The maximum absolute atomic E-state index is 11.7. The third kappa shape index (κ3) is 4.32. The maximum Gasteiger partial charge on any atom is 0.356 e. The van der Waals surface area contributed by atoms with Crippen molar-refractivity contribution in [3.05, 3.63) is 24.0 Å². The van der Waals surface area contributed by atoms with Crippen LogP contribution in [-0.2, 0) is 0 Å². The molecule has 1 unspecified atom stereocenters. The minimum absolute atomic E-state index is 0.125. The monoisotopic (exact) mass is 261 g/mol. The number of aromatic carboxylic acids is 1. The number of amides is 2. The molecule has 19 heavy (non-hydrogen) atoms. The van der Waals surface area contributed by atoms with Gasteiger partial charge in [0, 0.05) is 6.20 Å². The minimum Gasteiger partial charge on any atom is -0.476 e. The number of nitrogens with one attached hydrogen (secondary N) is 2. The first-order valence-electron chi connectivity index (χ1n) is 5.80. The normalized spacial score (nSPS) is 11.2. The van der Waals surface area contributed by atoms with Crippen molar-refractivity contribution in [3.63, 3.8) is 0 Å². The van der Waals surface area contributed by atoms with Gasteiger partial charge in [-0.3, -0.25) is 0 Å². The van der Waals surface area contributed by atoms with E-state index in [0.29, 0.717) is 6.42 Å². The zero-order valence-electron chi connectivity index (χ0n) is 10.5. The summed E-state index contributed by atoms with van der Waals surface area (Å²) in [6.45, 7) is 1.95. The average molecular weight is 261 g/mol. The molecule has 0 radical (unpaired) electrons. The molecule has 6 nitrogen and oxygen atoms in total. The van der Waals surface area contributed by atoms with E-state index in [0.717, 1.165) is 6.42 Å². The SMILES string of the molecule is C#CC(CCC)NC(=O)Nc1cccnc1C(=O)O. The van der Waals surface area contributed by atoms with Gasteiger partial charge in [-0.15, -0.1) is 6.42 Å². The summed E-state index contributed by atoms with van der Waals surface area (Å²) < 4.78 is 0. The highest BCUT2D eigenvalue weighted by atomic mass is 16.4. The van der Waals surface area contributed by atoms with Gasteiger partial charge in [0.2, 0.25) is 0 Å². The predicted molar refractivity (Wildman–Crippen MR) is 70.9 cm³/mol. The van der Waals surface area contributed by atoms with Crippen molar-refractivity contribution in [2.45, 2.75) is 25.8 Å². The number of hydrogen-bond acceptors (Lipinski definition) is 3. The zero-order valence-corrected chi connectivity index (χ0v) is 10.5. The van der Waals surface area contributed by atoms with Gasteiger partial charge < -0.3 is 15.7 Å². The van der Waals surface area contributed by atoms with E-state index in [-0.39, 0.29) is 17.4 Å². The molecule has 0 aliphatic rings. The van der Waals surface area contributed by atoms with Crippen molar-refractivity contribution >= 4 is 17.7 Å². The summed E-state index contributed by atoms with van der Waals surface area (Å²) in [5.74, 6) is 1.24. The van der Waals surface area contributed by atoms with Gasteiger partial charge in [-0.2, -0.15) is 0 Å². The molecule has 1 aromatic rings. The summed E-state index contributed by atoms with van der Waals surface area (Å²) in [7, 11) is 0. The van der Waals surface area contributed by atoms with Crippen LogP contribution in [0.4, 0.5) is 10.5 Å². The first-order chi connectivity index (χ1) is 9.08. The van der Waals surface area contributed by atoms with E-state index >= 15 is 0 Å². The number of rotatable bonds is 5. The van der Waals surface area contributed by atoms with Gasteiger partial charge >= 0.3 is 12.0 Å². The van der Waals surface area contributed by atoms with E-state index in [1.54, 1.807) is 0 Å². The highest BCUT2D eigenvalue weighted by Gasteiger charge is 2.14. The summed E-state index contributed by atoms with van der Waals surface area (Å²) in [5, 5.41) is 13.9. The second-order valence-corrected chi connectivity index (χ2v) is 3.81. The Kier molecular flexibility index (Phi) is 5.35. The number of carbonyl (C=O) groups excluding carboxylic acids is 1. The first-order valence-corrected chi connectivity index (χ1v) is 5.80. The molecule has 1 aromatic heterocycles. The molecule has 0 fully saturated rings. The van der Waals surface area contributed by atoms with E-state index in [1.807, 2.05) is 6.92 Å². The molecule has 1 rings (SSSR count). The van der Waals surface area contributed by atoms with Crippen LogP contribution in [0.3, 0.4) is 0 Å². The van der Waals surface area contributed by atoms with Crippen molar-refractivity contribution < 1.29 is 14.7 Å². The molecular formula is C13H15N3O3. The Balaban J connectivity index is 2.72. The third-order valence-corrected chi connectivity index (χ3v) is 2.34. The Morgan fingerprint density at radius 1 is 1.58 bits per heavy atom. The van der Waals surface area contributed by atoms with Gasteiger partial charge in [-0.1, -0.05) is 19.3 Å². The molecule has 100 valence electrons. The summed E-state index contributed by atoms with van der Waals surface area (Å²) in [5.41, 5.74) is -0.0924. The molecule has 0 saturated heterocycles. The summed E-state index contributed by atoms with van der Waals surface area (Å²) in [4.78, 5) is 26.3. The zero-order chi connectivity index (χ0) is 14.3. The van der Waals surface area contributed by atoms with Crippen LogP contribution in [-0.4, -0.2) is 28.1 Å². The standard InChI is InChI=1S/C13H15N3O3/c1-3-6-9(4-2)15-13(19)16-10-7-5-8-14-11(10)12(17)18/h2,5,7-9H,3,6H2,1H3,(H,17,18)(H2,15,16,19). The van der Waals surface area contributed by atoms with Crippen LogP contribution in [0, 0.1) is 12.3 Å². The fraction of sp³-hybridized carbons (Fsp3) is 0.308. The fourth-order valence-corrected chi connectivity index (χ4v) is 1.48. The topological polar surface area (TPSA) is 91.3 Å². The fourth-order valence-electron chi connectivity index (χ4n) is 1.48. The minimum atomic E-state index is -1.21. The van der Waals surface area contributed by atoms with E-state index in [4.69, 9.17) is 11.5 Å². The van der Waals surface area contributed by atoms with Crippen LogP contribution in [0.15, 0.2) is 18.3 Å². The number of carboxylic acid groups (broad SMARTS) is 1. The molecule has 0 aromatic carbocycles. The van der Waals surface area contributed by atoms with E-state index in [2.05, 4.69) is 21.5 Å². The Morgan fingerprint density at radius 3 is 2.89 bits per heavy atom. The first kappa shape index (κ1) is 14.5. The number of carboxylic acids is 1. The van der Waals surface area contributed by atoms with Crippen LogP contribution >= 0.6 is 0 Å². The largest absolute Gasteiger partial charge is 0.476 e. The second-order valence-electron chi connectivity index (χ2n) is 3.81. The molecule has 1 atom stereocenters. The van der Waals surface area contributed by atoms with Gasteiger partial charge in [0.15, 0.2) is 5.69 Å². The molecule has 2 amide bonds. The third-order valence-electron chi connectivity index (χ3n) is 2.34. The number of nitrogens with zero attached hydrogens (tertiary/aromatic N) is 1. The Morgan fingerprint density at radius 2 is 2.32 bits per heavy atom. The van der Waals surface area contributed by atoms with Crippen LogP contribution < -0.4 is 10.6 Å². The highest BCUT2D eigenvalue weighted by Crippen LogP contribution is 2.11. The lowest BCUT2D eigenvalue weighted by Crippen LogP contribution is -2.37. The number of pyridine rings is 1. The van der Waals surface area contributed by atoms with Crippen LogP contribution in [0.2, 0.25) is 0 Å².